The summed E-state index contributed by atoms with van der Waals surface area (Å²) in [5, 5.41) is 22.7. The molecular formula is C18H16ClN5O4S. The van der Waals surface area contributed by atoms with Crippen LogP contribution in [0.15, 0.2) is 47.6 Å². The minimum Gasteiger partial charge on any atom is -0.497 e. The Balaban J connectivity index is 1.67. The number of amides is 1. The summed E-state index contributed by atoms with van der Waals surface area (Å²) < 4.78 is 6.91. The maximum atomic E-state index is 12.2. The van der Waals surface area contributed by atoms with Gasteiger partial charge in [-0.3, -0.25) is 14.9 Å². The van der Waals surface area contributed by atoms with Crippen LogP contribution in [-0.2, 0) is 11.8 Å². The van der Waals surface area contributed by atoms with Gasteiger partial charge < -0.3 is 14.6 Å². The monoisotopic (exact) mass is 433 g/mol. The first-order valence-electron chi connectivity index (χ1n) is 8.29. The Hall–Kier alpha value is -3.11. The number of anilines is 1. The Kier molecular flexibility index (Phi) is 6.35. The highest BCUT2D eigenvalue weighted by Gasteiger charge is 2.18. The molecule has 0 aliphatic heterocycles. The quantitative estimate of drug-likeness (QED) is 0.342. The predicted octanol–water partition coefficient (Wildman–Crippen LogP) is 3.78. The Morgan fingerprint density at radius 1 is 1.28 bits per heavy atom. The van der Waals surface area contributed by atoms with E-state index in [-0.39, 0.29) is 22.2 Å². The fraction of sp³-hybridized carbons (Fsp3) is 0.167. The van der Waals surface area contributed by atoms with Gasteiger partial charge in [-0.2, -0.15) is 0 Å². The molecule has 3 aromatic rings. The number of thioether (sulfide) groups is 1. The lowest BCUT2D eigenvalue weighted by Gasteiger charge is -2.07. The number of halogens is 1. The van der Waals surface area contributed by atoms with Crippen LogP contribution in [0.2, 0.25) is 5.02 Å². The van der Waals surface area contributed by atoms with Gasteiger partial charge in [0.2, 0.25) is 5.91 Å². The minimum absolute atomic E-state index is 0.00830. The molecule has 0 bridgehead atoms. The van der Waals surface area contributed by atoms with Crippen LogP contribution in [0.25, 0.3) is 11.4 Å². The van der Waals surface area contributed by atoms with Crippen molar-refractivity contribution in [2.24, 2.45) is 7.05 Å². The van der Waals surface area contributed by atoms with Crippen LogP contribution in [0.1, 0.15) is 0 Å². The summed E-state index contributed by atoms with van der Waals surface area (Å²) in [7, 11) is 3.39. The second-order valence-electron chi connectivity index (χ2n) is 5.85. The summed E-state index contributed by atoms with van der Waals surface area (Å²) in [5.41, 5.74) is 0.673. The highest BCUT2D eigenvalue weighted by Crippen LogP contribution is 2.28. The van der Waals surface area contributed by atoms with E-state index in [4.69, 9.17) is 16.3 Å². The molecule has 29 heavy (non-hydrogen) atoms. The lowest BCUT2D eigenvalue weighted by Crippen LogP contribution is -2.15. The lowest BCUT2D eigenvalue weighted by molar-refractivity contribution is -0.383. The molecule has 0 atom stereocenters. The maximum absolute atomic E-state index is 12.2. The van der Waals surface area contributed by atoms with E-state index >= 15 is 0 Å². The van der Waals surface area contributed by atoms with Crippen molar-refractivity contribution in [1.29, 1.82) is 0 Å². The van der Waals surface area contributed by atoms with Crippen molar-refractivity contribution in [2.75, 3.05) is 18.2 Å². The van der Waals surface area contributed by atoms with Gasteiger partial charge in [-0.15, -0.1) is 10.2 Å². The summed E-state index contributed by atoms with van der Waals surface area (Å²) in [6, 6.07) is 11.4. The van der Waals surface area contributed by atoms with Gasteiger partial charge in [0.25, 0.3) is 5.69 Å². The number of nitro benzene ring substituents is 1. The predicted molar refractivity (Wildman–Crippen MR) is 110 cm³/mol. The Morgan fingerprint density at radius 3 is 2.66 bits per heavy atom. The van der Waals surface area contributed by atoms with Gasteiger partial charge >= 0.3 is 0 Å². The van der Waals surface area contributed by atoms with Gasteiger partial charge in [0, 0.05) is 23.7 Å². The molecule has 3 rings (SSSR count). The average Bonchev–Trinajstić information content (AvgIpc) is 3.08. The van der Waals surface area contributed by atoms with E-state index < -0.39 is 10.8 Å². The fourth-order valence-electron chi connectivity index (χ4n) is 2.51. The number of benzene rings is 2. The van der Waals surface area contributed by atoms with E-state index in [1.54, 1.807) is 18.7 Å². The molecule has 0 aliphatic carbocycles. The number of nitro groups is 1. The number of carbonyl (C=O) groups is 1. The summed E-state index contributed by atoms with van der Waals surface area (Å²) in [6.07, 6.45) is 0. The maximum Gasteiger partial charge on any atom is 0.294 e. The molecule has 2 aromatic carbocycles. The fourth-order valence-corrected chi connectivity index (χ4v) is 3.39. The van der Waals surface area contributed by atoms with Crippen molar-refractivity contribution >= 4 is 40.6 Å². The molecule has 0 aliphatic rings. The van der Waals surface area contributed by atoms with Crippen LogP contribution in [0, 0.1) is 10.1 Å². The third-order valence-corrected chi connectivity index (χ3v) is 5.20. The number of ether oxygens (including phenoxy) is 1. The summed E-state index contributed by atoms with van der Waals surface area (Å²) in [4.78, 5) is 22.8. The molecule has 1 N–H and O–H groups in total. The van der Waals surface area contributed by atoms with Crippen molar-refractivity contribution in [3.63, 3.8) is 0 Å². The number of rotatable bonds is 7. The number of nitrogens with one attached hydrogen (secondary N) is 1. The number of aromatic nitrogens is 3. The second kappa shape index (κ2) is 8.93. The smallest absolute Gasteiger partial charge is 0.294 e. The van der Waals surface area contributed by atoms with E-state index in [0.717, 1.165) is 11.3 Å². The van der Waals surface area contributed by atoms with Crippen LogP contribution in [0.4, 0.5) is 11.4 Å². The molecule has 0 saturated carbocycles. The minimum atomic E-state index is -0.599. The third kappa shape index (κ3) is 4.84. The van der Waals surface area contributed by atoms with Gasteiger partial charge in [0.1, 0.15) is 11.4 Å². The van der Waals surface area contributed by atoms with Crippen LogP contribution < -0.4 is 10.1 Å². The molecule has 0 fully saturated rings. The average molecular weight is 434 g/mol. The third-order valence-electron chi connectivity index (χ3n) is 3.95. The molecule has 1 aromatic heterocycles. The van der Waals surface area contributed by atoms with Gasteiger partial charge in [0.05, 0.1) is 17.8 Å². The van der Waals surface area contributed by atoms with Crippen LogP contribution >= 0.6 is 23.4 Å². The van der Waals surface area contributed by atoms with E-state index in [1.165, 1.54) is 30.0 Å². The van der Waals surface area contributed by atoms with Gasteiger partial charge in [-0.1, -0.05) is 23.4 Å². The van der Waals surface area contributed by atoms with Crippen LogP contribution in [-0.4, -0.2) is 38.5 Å². The Labute approximate surface area is 175 Å². The topological polar surface area (TPSA) is 112 Å². The van der Waals surface area contributed by atoms with E-state index in [1.807, 2.05) is 24.3 Å². The van der Waals surface area contributed by atoms with E-state index in [0.29, 0.717) is 11.0 Å². The van der Waals surface area contributed by atoms with E-state index in [9.17, 15) is 14.9 Å². The number of methoxy groups -OCH3 is 1. The van der Waals surface area contributed by atoms with Crippen molar-refractivity contribution in [2.45, 2.75) is 5.16 Å². The summed E-state index contributed by atoms with van der Waals surface area (Å²) in [5.74, 6) is 0.978. The molecular weight excluding hydrogens is 418 g/mol. The molecule has 0 radical (unpaired) electrons. The molecule has 1 heterocycles. The second-order valence-corrected chi connectivity index (χ2v) is 7.23. The number of nitrogens with zero attached hydrogens (tertiary/aromatic N) is 4. The zero-order chi connectivity index (χ0) is 21.0. The Bertz CT molecular complexity index is 1050. The molecule has 0 spiro atoms. The van der Waals surface area contributed by atoms with Crippen LogP contribution in [0.5, 0.6) is 5.75 Å². The molecule has 0 saturated heterocycles. The standard InChI is InChI=1S/C18H16ClN5O4S/c1-23-17(11-3-6-13(28-2)7-4-11)21-22-18(23)29-10-16(25)20-14-8-5-12(19)9-15(14)24(26)27/h3-9H,10H2,1-2H3,(H,20,25). The molecule has 150 valence electrons. The molecule has 1 amide bonds. The SMILES string of the molecule is COc1ccc(-c2nnc(SCC(=O)Nc3ccc(Cl)cc3[N+](=O)[O-])n2C)cc1. The van der Waals surface area contributed by atoms with Crippen molar-refractivity contribution in [1.82, 2.24) is 14.8 Å². The van der Waals surface area contributed by atoms with Crippen molar-refractivity contribution in [3.8, 4) is 17.1 Å². The summed E-state index contributed by atoms with van der Waals surface area (Å²) in [6.45, 7) is 0. The summed E-state index contributed by atoms with van der Waals surface area (Å²) >= 11 is 6.95. The number of carbonyl (C=O) groups excluding carboxylic acids is 1. The number of hydrogen-bond acceptors (Lipinski definition) is 7. The first-order chi connectivity index (χ1) is 13.9. The molecule has 9 nitrogen and oxygen atoms in total. The zero-order valence-corrected chi connectivity index (χ0v) is 17.0. The van der Waals surface area contributed by atoms with Gasteiger partial charge in [-0.25, -0.2) is 0 Å². The van der Waals surface area contributed by atoms with Gasteiger partial charge in [-0.05, 0) is 36.4 Å². The zero-order valence-electron chi connectivity index (χ0n) is 15.5. The van der Waals surface area contributed by atoms with Crippen LogP contribution in [0.3, 0.4) is 0 Å². The highest BCUT2D eigenvalue weighted by molar-refractivity contribution is 7.99. The number of hydrogen-bond donors (Lipinski definition) is 1. The molecule has 11 heteroatoms. The normalized spacial score (nSPS) is 10.6. The van der Waals surface area contributed by atoms with Crippen molar-refractivity contribution < 1.29 is 14.5 Å². The Morgan fingerprint density at radius 2 is 2.00 bits per heavy atom. The highest BCUT2D eigenvalue weighted by atomic mass is 35.5. The largest absolute Gasteiger partial charge is 0.497 e. The first-order valence-corrected chi connectivity index (χ1v) is 9.66. The lowest BCUT2D eigenvalue weighted by atomic mass is 10.2. The first kappa shape index (κ1) is 20.6. The molecule has 0 unspecified atom stereocenters. The van der Waals surface area contributed by atoms with Crippen molar-refractivity contribution in [3.05, 3.63) is 57.6 Å². The van der Waals surface area contributed by atoms with Gasteiger partial charge in [0.15, 0.2) is 11.0 Å². The van der Waals surface area contributed by atoms with E-state index in [2.05, 4.69) is 15.5 Å².